The number of carbonyl (C=O) groups excluding carboxylic acids is 1. The Balaban J connectivity index is 1.82. The van der Waals surface area contributed by atoms with E-state index < -0.39 is 11.4 Å². The minimum absolute atomic E-state index is 0.0409. The van der Waals surface area contributed by atoms with E-state index in [9.17, 15) is 14.0 Å². The molecule has 2 aromatic heterocycles. The highest BCUT2D eigenvalue weighted by Crippen LogP contribution is 2.24. The first-order valence-corrected chi connectivity index (χ1v) is 12.4. The molecule has 0 aliphatic carbocycles. The number of aryl methyl sites for hydroxylation is 1. The predicted octanol–water partition coefficient (Wildman–Crippen LogP) is 5.38. The molecule has 0 spiro atoms. The molecule has 37 heavy (non-hydrogen) atoms. The topological polar surface area (TPSA) is 65.1 Å². The van der Waals surface area contributed by atoms with Gasteiger partial charge >= 0.3 is 0 Å². The minimum Gasteiger partial charge on any atom is -0.328 e. The van der Waals surface area contributed by atoms with E-state index in [1.165, 1.54) is 12.1 Å². The van der Waals surface area contributed by atoms with Gasteiger partial charge in [-0.05, 0) is 70.5 Å². The molecule has 7 nitrogen and oxygen atoms in total. The van der Waals surface area contributed by atoms with Crippen LogP contribution in [-0.2, 0) is 25.7 Å². The average Bonchev–Trinajstić information content (AvgIpc) is 3.33. The minimum atomic E-state index is -0.460. The van der Waals surface area contributed by atoms with Crippen LogP contribution in [-0.4, -0.2) is 30.0 Å². The summed E-state index contributed by atoms with van der Waals surface area (Å²) in [5.41, 5.74) is 2.97. The molecule has 0 unspecified atom stereocenters. The van der Waals surface area contributed by atoms with Gasteiger partial charge in [0.1, 0.15) is 11.5 Å². The maximum Gasteiger partial charge on any atom is 0.276 e. The Hall–Kier alpha value is -3.65. The van der Waals surface area contributed by atoms with Crippen LogP contribution in [0.3, 0.4) is 0 Å². The van der Waals surface area contributed by atoms with Gasteiger partial charge in [0, 0.05) is 24.3 Å². The van der Waals surface area contributed by atoms with Crippen molar-refractivity contribution in [1.82, 2.24) is 24.0 Å². The van der Waals surface area contributed by atoms with Crippen molar-refractivity contribution in [2.45, 2.75) is 53.2 Å². The summed E-state index contributed by atoms with van der Waals surface area (Å²) >= 11 is 6.34. The third-order valence-corrected chi connectivity index (χ3v) is 6.72. The number of hydrogen-bond donors (Lipinski definition) is 0. The van der Waals surface area contributed by atoms with E-state index in [2.05, 4.69) is 5.10 Å². The van der Waals surface area contributed by atoms with Crippen molar-refractivity contribution in [2.75, 3.05) is 0 Å². The van der Waals surface area contributed by atoms with Crippen LogP contribution in [0.1, 0.15) is 53.8 Å². The van der Waals surface area contributed by atoms with Gasteiger partial charge in [-0.3, -0.25) is 19.0 Å². The summed E-state index contributed by atoms with van der Waals surface area (Å²) in [6.07, 6.45) is 0. The van der Waals surface area contributed by atoms with Gasteiger partial charge in [0.05, 0.1) is 29.0 Å². The van der Waals surface area contributed by atoms with Crippen LogP contribution >= 0.6 is 11.6 Å². The summed E-state index contributed by atoms with van der Waals surface area (Å²) in [7, 11) is 1.81. The second kappa shape index (κ2) is 10.0. The quantitative estimate of drug-likeness (QED) is 0.341. The average molecular weight is 524 g/mol. The van der Waals surface area contributed by atoms with Gasteiger partial charge in [-0.15, -0.1) is 0 Å². The van der Waals surface area contributed by atoms with Crippen LogP contribution in [0.15, 0.2) is 59.4 Å². The molecule has 0 bridgehead atoms. The molecule has 0 N–H and O–H groups in total. The second-order valence-electron chi connectivity index (χ2n) is 10.2. The lowest BCUT2D eigenvalue weighted by Crippen LogP contribution is -2.36. The molecule has 0 saturated carbocycles. The molecular formula is C28H31ClFN5O2. The van der Waals surface area contributed by atoms with E-state index in [4.69, 9.17) is 11.6 Å². The van der Waals surface area contributed by atoms with E-state index >= 15 is 0 Å². The lowest BCUT2D eigenvalue weighted by atomic mass is 10.1. The van der Waals surface area contributed by atoms with Crippen LogP contribution in [0.2, 0.25) is 5.02 Å². The smallest absolute Gasteiger partial charge is 0.276 e. The van der Waals surface area contributed by atoms with Gasteiger partial charge in [-0.25, -0.2) is 9.07 Å². The number of aromatic nitrogens is 4. The fourth-order valence-electron chi connectivity index (χ4n) is 4.38. The molecule has 0 aliphatic rings. The molecule has 9 heteroatoms. The molecule has 2 aromatic carbocycles. The van der Waals surface area contributed by atoms with Gasteiger partial charge in [0.2, 0.25) is 0 Å². The van der Waals surface area contributed by atoms with Crippen molar-refractivity contribution in [3.8, 4) is 5.69 Å². The van der Waals surface area contributed by atoms with Crippen molar-refractivity contribution < 1.29 is 9.18 Å². The van der Waals surface area contributed by atoms with E-state index in [0.29, 0.717) is 22.5 Å². The standard InChI is InChI=1S/C28H31ClFN5O2/c1-18-14-25(35(31-18)28(3,4)5)27(37)33(16-20-12-13-21(30)15-24(20)29)17-23-19(2)32(6)34(26(23)36)22-10-8-7-9-11-22/h7-15H,16-17H2,1-6H3. The molecule has 0 atom stereocenters. The fraction of sp³-hybridized carbons (Fsp3) is 0.321. The fourth-order valence-corrected chi connectivity index (χ4v) is 4.60. The summed E-state index contributed by atoms with van der Waals surface area (Å²) < 4.78 is 18.8. The first-order valence-electron chi connectivity index (χ1n) is 12.0. The monoisotopic (exact) mass is 523 g/mol. The summed E-state index contributed by atoms with van der Waals surface area (Å²) in [5.74, 6) is -0.762. The summed E-state index contributed by atoms with van der Waals surface area (Å²) in [6, 6.07) is 15.2. The third kappa shape index (κ3) is 5.25. The Labute approximate surface area is 220 Å². The maximum atomic E-state index is 14.0. The second-order valence-corrected chi connectivity index (χ2v) is 10.6. The van der Waals surface area contributed by atoms with Crippen molar-refractivity contribution >= 4 is 17.5 Å². The molecule has 0 radical (unpaired) electrons. The molecule has 4 aromatic rings. The van der Waals surface area contributed by atoms with E-state index in [1.54, 1.807) is 31.1 Å². The zero-order valence-corrected chi connectivity index (χ0v) is 22.7. The largest absolute Gasteiger partial charge is 0.328 e. The first kappa shape index (κ1) is 26.4. The van der Waals surface area contributed by atoms with Crippen LogP contribution in [0, 0.1) is 19.7 Å². The number of rotatable bonds is 6. The number of hydrogen-bond acceptors (Lipinski definition) is 3. The molecule has 194 valence electrons. The maximum absolute atomic E-state index is 14.0. The Morgan fingerprint density at radius 3 is 2.35 bits per heavy atom. The number of carbonyl (C=O) groups is 1. The van der Waals surface area contributed by atoms with E-state index in [0.717, 1.165) is 11.4 Å². The van der Waals surface area contributed by atoms with Crippen LogP contribution in [0.25, 0.3) is 5.69 Å². The van der Waals surface area contributed by atoms with Gasteiger partial charge in [-0.2, -0.15) is 5.10 Å². The van der Waals surface area contributed by atoms with Crippen LogP contribution in [0.4, 0.5) is 4.39 Å². The SMILES string of the molecule is Cc1cc(C(=O)N(Cc2ccc(F)cc2Cl)Cc2c(C)n(C)n(-c3ccccc3)c2=O)n(C(C)(C)C)n1. The van der Waals surface area contributed by atoms with Gasteiger partial charge < -0.3 is 4.90 Å². The zero-order valence-electron chi connectivity index (χ0n) is 21.9. The molecular weight excluding hydrogens is 493 g/mol. The number of amides is 1. The lowest BCUT2D eigenvalue weighted by molar-refractivity contribution is 0.0708. The van der Waals surface area contributed by atoms with E-state index in [1.807, 2.05) is 72.0 Å². The normalized spacial score (nSPS) is 11.7. The Bertz CT molecular complexity index is 1510. The summed E-state index contributed by atoms with van der Waals surface area (Å²) in [6.45, 7) is 9.73. The Morgan fingerprint density at radius 2 is 1.73 bits per heavy atom. The summed E-state index contributed by atoms with van der Waals surface area (Å²) in [5, 5.41) is 4.76. The highest BCUT2D eigenvalue weighted by atomic mass is 35.5. The third-order valence-electron chi connectivity index (χ3n) is 6.37. The Morgan fingerprint density at radius 1 is 1.05 bits per heavy atom. The van der Waals surface area contributed by atoms with Crippen molar-refractivity contribution in [1.29, 1.82) is 0 Å². The molecule has 0 aliphatic heterocycles. The molecule has 1 amide bonds. The van der Waals surface area contributed by atoms with Crippen molar-refractivity contribution in [2.24, 2.45) is 7.05 Å². The Kier molecular flexibility index (Phi) is 7.15. The lowest BCUT2D eigenvalue weighted by Gasteiger charge is -2.27. The number of benzene rings is 2. The van der Waals surface area contributed by atoms with Crippen LogP contribution < -0.4 is 5.56 Å². The van der Waals surface area contributed by atoms with Crippen LogP contribution in [0.5, 0.6) is 0 Å². The molecule has 0 fully saturated rings. The van der Waals surface area contributed by atoms with Gasteiger partial charge in [0.25, 0.3) is 11.5 Å². The van der Waals surface area contributed by atoms with Crippen molar-refractivity contribution in [3.63, 3.8) is 0 Å². The molecule has 4 rings (SSSR count). The number of nitrogens with zero attached hydrogens (tertiary/aromatic N) is 5. The first-order chi connectivity index (χ1) is 17.4. The highest BCUT2D eigenvalue weighted by Gasteiger charge is 2.29. The number of para-hydroxylation sites is 1. The highest BCUT2D eigenvalue weighted by molar-refractivity contribution is 6.31. The summed E-state index contributed by atoms with van der Waals surface area (Å²) in [4.78, 5) is 29.2. The molecule has 0 saturated heterocycles. The van der Waals surface area contributed by atoms with Gasteiger partial charge in [-0.1, -0.05) is 35.9 Å². The number of halogens is 2. The molecule has 2 heterocycles. The van der Waals surface area contributed by atoms with Crippen molar-refractivity contribution in [3.05, 3.63) is 104 Å². The predicted molar refractivity (Wildman–Crippen MR) is 143 cm³/mol. The zero-order chi connectivity index (χ0) is 27.1. The van der Waals surface area contributed by atoms with Gasteiger partial charge in [0.15, 0.2) is 0 Å². The van der Waals surface area contributed by atoms with E-state index in [-0.39, 0.29) is 29.6 Å².